The van der Waals surface area contributed by atoms with E-state index < -0.39 is 8.25 Å². The average molecular weight is 175 g/mol. The summed E-state index contributed by atoms with van der Waals surface area (Å²) >= 11 is 0. The van der Waals surface area contributed by atoms with Gasteiger partial charge in [-0.1, -0.05) is 6.92 Å². The van der Waals surface area contributed by atoms with Crippen molar-refractivity contribution in [2.24, 2.45) is 0 Å². The maximum atomic E-state index is 9.68. The predicted molar refractivity (Wildman–Crippen MR) is 45.8 cm³/mol. The fourth-order valence-corrected chi connectivity index (χ4v) is 0.508. The number of hydrogen-bond donors (Lipinski definition) is 1. The maximum Gasteiger partial charge on any atom is 0.694 e. The van der Waals surface area contributed by atoms with Crippen LogP contribution in [0.25, 0.3) is 0 Å². The molecule has 0 aliphatic rings. The van der Waals surface area contributed by atoms with Gasteiger partial charge in [-0.3, -0.25) is 0 Å². The van der Waals surface area contributed by atoms with Crippen LogP contribution >= 0.6 is 8.25 Å². The van der Waals surface area contributed by atoms with E-state index in [0.717, 1.165) is 6.42 Å². The summed E-state index contributed by atoms with van der Waals surface area (Å²) in [6, 6.07) is 0. The maximum absolute atomic E-state index is 9.68. The van der Waals surface area contributed by atoms with Gasteiger partial charge in [0.2, 0.25) is 0 Å². The first-order valence-corrected chi connectivity index (χ1v) is 3.86. The summed E-state index contributed by atoms with van der Waals surface area (Å²) in [6.45, 7) is 2.24. The first-order valence-electron chi connectivity index (χ1n) is 2.73. The summed E-state index contributed by atoms with van der Waals surface area (Å²) in [5.41, 5.74) is 0. The first-order chi connectivity index (χ1) is 5.27. The van der Waals surface area contributed by atoms with Crippen LogP contribution in [-0.2, 0) is 9.09 Å². The molecule has 0 aliphatic carbocycles. The van der Waals surface area contributed by atoms with Gasteiger partial charge in [0.1, 0.15) is 6.61 Å². The molecule has 0 saturated heterocycles. The van der Waals surface area contributed by atoms with E-state index in [1.807, 2.05) is 6.92 Å². The van der Waals surface area contributed by atoms with E-state index in [1.54, 1.807) is 0 Å². The monoisotopic (exact) mass is 175 g/mol. The lowest BCUT2D eigenvalue weighted by Gasteiger charge is -1.76. The van der Waals surface area contributed by atoms with Crippen LogP contribution in [0.3, 0.4) is 0 Å². The minimum absolute atomic E-state index is 0.367. The Morgan fingerprint density at radius 2 is 1.73 bits per heavy atom. The zero-order valence-corrected chi connectivity index (χ0v) is 7.33. The van der Waals surface area contributed by atoms with Crippen LogP contribution in [0.1, 0.15) is 13.3 Å². The lowest BCUT2D eigenvalue weighted by atomic mass is 10.5. The van der Waals surface area contributed by atoms with Crippen LogP contribution < -0.4 is 0 Å². The third-order valence-electron chi connectivity index (χ3n) is 0.406. The third-order valence-corrected chi connectivity index (χ3v) is 0.809. The fourth-order valence-electron chi connectivity index (χ4n) is 0.169. The molecular weight excluding hydrogens is 163 g/mol. The average Bonchev–Trinajstić information content (AvgIpc) is 2.08. The van der Waals surface area contributed by atoms with Crippen molar-refractivity contribution < 1.29 is 14.0 Å². The smallest absolute Gasteiger partial charge is 0.133 e. The molecule has 3 nitrogen and oxygen atoms in total. The summed E-state index contributed by atoms with van der Waals surface area (Å²) < 4.78 is 13.9. The summed E-state index contributed by atoms with van der Waals surface area (Å²) in [6.07, 6.45) is 16.8. The lowest BCUT2D eigenvalue weighted by molar-refractivity contribution is 0.282. The zero-order valence-electron chi connectivity index (χ0n) is 6.43. The molecule has 0 amide bonds. The third kappa shape index (κ3) is 47.3. The van der Waals surface area contributed by atoms with Crippen molar-refractivity contribution in [3.8, 4) is 25.7 Å². The highest BCUT2D eigenvalue weighted by Crippen LogP contribution is 2.13. The molecule has 0 spiro atoms. The second-order valence-corrected chi connectivity index (χ2v) is 1.80. The zero-order chi connectivity index (χ0) is 9.70. The van der Waals surface area contributed by atoms with E-state index in [0.29, 0.717) is 6.61 Å². The number of rotatable bonds is 3. The van der Waals surface area contributed by atoms with Crippen LogP contribution in [0.2, 0.25) is 0 Å². The van der Waals surface area contributed by atoms with Crippen molar-refractivity contribution >= 4 is 8.25 Å². The van der Waals surface area contributed by atoms with Gasteiger partial charge in [-0.15, -0.1) is 35.1 Å². The molecule has 4 heteroatoms. The minimum atomic E-state index is -2.36. The van der Waals surface area contributed by atoms with Gasteiger partial charge in [-0.25, -0.2) is 0 Å². The summed E-state index contributed by atoms with van der Waals surface area (Å²) in [7, 11) is -2.36. The molecule has 0 aromatic carbocycles. The van der Waals surface area contributed by atoms with Crippen LogP contribution in [0, 0.1) is 25.7 Å². The van der Waals surface area contributed by atoms with E-state index in [-0.39, 0.29) is 0 Å². The molecule has 1 atom stereocenters. The Bertz CT molecular complexity index is 111. The fraction of sp³-hybridized carbons (Fsp3) is 0.429. The van der Waals surface area contributed by atoms with Gasteiger partial charge in [0.05, 0.1) is 0 Å². The van der Waals surface area contributed by atoms with Gasteiger partial charge in [-0.2, -0.15) is 0 Å². The molecule has 1 unspecified atom stereocenters. The molecule has 0 rings (SSSR count). The minimum Gasteiger partial charge on any atom is -0.133 e. The van der Waals surface area contributed by atoms with E-state index in [2.05, 4.69) is 30.2 Å². The highest BCUT2D eigenvalue weighted by Gasteiger charge is 2.08. The second kappa shape index (κ2) is 22.9. The first kappa shape index (κ1) is 16.6. The van der Waals surface area contributed by atoms with E-state index in [4.69, 9.17) is 4.89 Å². The number of terminal acetylenes is 2. The van der Waals surface area contributed by atoms with Crippen LogP contribution in [0.5, 0.6) is 0 Å². The standard InChI is InChI=1S/C3H7O3P.2C2H2/c1-2-3-6-7(4)5;2*1-2/h2-3H2,1H3;2*1-2H/p+1. The van der Waals surface area contributed by atoms with E-state index >= 15 is 0 Å². The summed E-state index contributed by atoms with van der Waals surface area (Å²) in [5.74, 6) is 0. The molecule has 0 heterocycles. The normalized spacial score (nSPS) is 7.64. The molecule has 1 N–H and O–H groups in total. The lowest BCUT2D eigenvalue weighted by Crippen LogP contribution is -1.79. The van der Waals surface area contributed by atoms with Crippen LogP contribution in [0.15, 0.2) is 0 Å². The molecular formula is C7H12O3P+. The van der Waals surface area contributed by atoms with Gasteiger partial charge >= 0.3 is 8.25 Å². The summed E-state index contributed by atoms with van der Waals surface area (Å²) in [4.78, 5) is 7.97. The Kier molecular flexibility index (Phi) is 34.6. The van der Waals surface area contributed by atoms with Crippen LogP contribution in [-0.4, -0.2) is 11.5 Å². The highest BCUT2D eigenvalue weighted by molar-refractivity contribution is 7.32. The Morgan fingerprint density at radius 1 is 1.36 bits per heavy atom. The Labute approximate surface area is 68.7 Å². The van der Waals surface area contributed by atoms with Gasteiger partial charge in [-0.05, 0) is 6.42 Å². The molecule has 0 aromatic rings. The van der Waals surface area contributed by atoms with E-state index in [1.165, 1.54) is 0 Å². The van der Waals surface area contributed by atoms with Gasteiger partial charge in [0.25, 0.3) is 0 Å². The molecule has 0 fully saturated rings. The van der Waals surface area contributed by atoms with Crippen molar-refractivity contribution in [1.29, 1.82) is 0 Å². The van der Waals surface area contributed by atoms with Gasteiger partial charge < -0.3 is 0 Å². The Hall–Kier alpha value is -0.860. The van der Waals surface area contributed by atoms with Crippen molar-refractivity contribution in [3.05, 3.63) is 0 Å². The molecule has 0 bridgehead atoms. The second-order valence-electron chi connectivity index (χ2n) is 1.07. The number of hydrogen-bond acceptors (Lipinski definition) is 2. The SMILES string of the molecule is C#C.C#C.CCCO[P+](=O)O. The van der Waals surface area contributed by atoms with Gasteiger partial charge in [0, 0.05) is 4.57 Å². The Morgan fingerprint density at radius 3 is 1.82 bits per heavy atom. The van der Waals surface area contributed by atoms with Crippen molar-refractivity contribution in [2.45, 2.75) is 13.3 Å². The molecule has 0 aliphatic heterocycles. The topological polar surface area (TPSA) is 46.5 Å². The Balaban J connectivity index is -0.000000138. The van der Waals surface area contributed by atoms with Crippen molar-refractivity contribution in [2.75, 3.05) is 6.61 Å². The molecule has 62 valence electrons. The molecule has 0 saturated carbocycles. The summed E-state index contributed by atoms with van der Waals surface area (Å²) in [5, 5.41) is 0. The molecule has 0 radical (unpaired) electrons. The van der Waals surface area contributed by atoms with E-state index in [9.17, 15) is 4.57 Å². The quantitative estimate of drug-likeness (QED) is 0.523. The predicted octanol–water partition coefficient (Wildman–Crippen LogP) is 1.56. The van der Waals surface area contributed by atoms with Crippen molar-refractivity contribution in [3.63, 3.8) is 0 Å². The largest absolute Gasteiger partial charge is 0.694 e. The molecule has 0 aromatic heterocycles. The van der Waals surface area contributed by atoms with Gasteiger partial charge in [0.15, 0.2) is 0 Å². The van der Waals surface area contributed by atoms with Crippen molar-refractivity contribution in [1.82, 2.24) is 0 Å². The van der Waals surface area contributed by atoms with Crippen LogP contribution in [0.4, 0.5) is 0 Å². The highest BCUT2D eigenvalue weighted by atomic mass is 31.1. The molecule has 11 heavy (non-hydrogen) atoms.